The molecule has 4 nitrogen and oxygen atoms in total. The van der Waals surface area contributed by atoms with E-state index in [0.717, 1.165) is 25.2 Å². The zero-order chi connectivity index (χ0) is 18.2. The molecule has 2 aromatic rings. The Morgan fingerprint density at radius 3 is 2.44 bits per heavy atom. The van der Waals surface area contributed by atoms with E-state index in [0.29, 0.717) is 6.04 Å². The van der Waals surface area contributed by atoms with Crippen LogP contribution in [0.15, 0.2) is 60.7 Å². The first kappa shape index (κ1) is 21.3. The number of anilines is 1. The minimum atomic E-state index is -0.387. The van der Waals surface area contributed by atoms with Crippen molar-refractivity contribution in [2.24, 2.45) is 0 Å². The van der Waals surface area contributed by atoms with Gasteiger partial charge in [0.15, 0.2) is 0 Å². The van der Waals surface area contributed by atoms with Crippen molar-refractivity contribution in [1.29, 1.82) is 0 Å². The van der Waals surface area contributed by atoms with Crippen molar-refractivity contribution in [2.75, 3.05) is 18.4 Å². The molecule has 1 aliphatic rings. The molecule has 1 fully saturated rings. The number of hydrogen-bond donors (Lipinski definition) is 1. The minimum absolute atomic E-state index is 0. The van der Waals surface area contributed by atoms with Gasteiger partial charge in [-0.3, -0.25) is 10.2 Å². The van der Waals surface area contributed by atoms with Crippen LogP contribution in [0.2, 0.25) is 0 Å². The number of rotatable bonds is 6. The Kier molecular flexibility index (Phi) is 8.62. The summed E-state index contributed by atoms with van der Waals surface area (Å²) in [4.78, 5) is 14.8. The monoisotopic (exact) mass is 388 g/mol. The van der Waals surface area contributed by atoms with Gasteiger partial charge in [-0.1, -0.05) is 55.0 Å². The summed E-state index contributed by atoms with van der Waals surface area (Å²) < 4.78 is 5.82. The molecule has 1 aliphatic heterocycles. The van der Waals surface area contributed by atoms with E-state index < -0.39 is 0 Å². The van der Waals surface area contributed by atoms with Crippen LogP contribution >= 0.6 is 12.4 Å². The lowest BCUT2D eigenvalue weighted by Crippen LogP contribution is -2.44. The van der Waals surface area contributed by atoms with Gasteiger partial charge in [0, 0.05) is 24.7 Å². The van der Waals surface area contributed by atoms with Crippen LogP contribution in [0.4, 0.5) is 10.5 Å². The Labute approximate surface area is 168 Å². The topological polar surface area (TPSA) is 41.6 Å². The van der Waals surface area contributed by atoms with Gasteiger partial charge in [0.25, 0.3) is 0 Å². The normalized spacial score (nSPS) is 18.2. The number of nitrogens with zero attached hydrogens (tertiary/aromatic N) is 1. The Morgan fingerprint density at radius 2 is 1.78 bits per heavy atom. The summed E-state index contributed by atoms with van der Waals surface area (Å²) in [5.41, 5.74) is 1.94. The Balaban J connectivity index is 0.00000261. The molecule has 3 rings (SSSR count). The largest absolute Gasteiger partial charge is 0.444 e. The summed E-state index contributed by atoms with van der Waals surface area (Å²) in [7, 11) is 0. The molecule has 0 aliphatic carbocycles. The molecule has 0 radical (unpaired) electrons. The predicted molar refractivity (Wildman–Crippen MR) is 113 cm³/mol. The molecule has 0 aromatic heterocycles. The van der Waals surface area contributed by atoms with Crippen LogP contribution in [0.25, 0.3) is 0 Å². The fourth-order valence-electron chi connectivity index (χ4n) is 3.53. The second kappa shape index (κ2) is 11.0. The second-order valence-corrected chi connectivity index (χ2v) is 7.05. The van der Waals surface area contributed by atoms with Gasteiger partial charge in [0.05, 0.1) is 0 Å². The van der Waals surface area contributed by atoms with Crippen molar-refractivity contribution in [3.8, 4) is 0 Å². The first-order valence-corrected chi connectivity index (χ1v) is 9.51. The molecule has 2 atom stereocenters. The van der Waals surface area contributed by atoms with E-state index in [-0.39, 0.29) is 24.6 Å². The van der Waals surface area contributed by atoms with Gasteiger partial charge >= 0.3 is 6.09 Å². The minimum Gasteiger partial charge on any atom is -0.444 e. The SMILES string of the molecule is CC1CCCCN1CC(Cc1ccccc1)OC(=O)Nc1ccccc1.Cl. The number of hydrogen-bond acceptors (Lipinski definition) is 3. The maximum atomic E-state index is 12.4. The lowest BCUT2D eigenvalue weighted by atomic mass is 10.0. The Hall–Kier alpha value is -2.04. The molecule has 5 heteroatoms. The summed E-state index contributed by atoms with van der Waals surface area (Å²) in [5.74, 6) is 0. The number of carbonyl (C=O) groups excluding carboxylic acids is 1. The van der Waals surface area contributed by atoms with Crippen molar-refractivity contribution < 1.29 is 9.53 Å². The quantitative estimate of drug-likeness (QED) is 0.744. The van der Waals surface area contributed by atoms with Gasteiger partial charge in [-0.15, -0.1) is 12.4 Å². The first-order valence-electron chi connectivity index (χ1n) is 9.51. The summed E-state index contributed by atoms with van der Waals surface area (Å²) in [5, 5.41) is 2.83. The van der Waals surface area contributed by atoms with Crippen LogP contribution in [0.5, 0.6) is 0 Å². The third-order valence-corrected chi connectivity index (χ3v) is 4.98. The second-order valence-electron chi connectivity index (χ2n) is 7.05. The van der Waals surface area contributed by atoms with Crippen LogP contribution < -0.4 is 5.32 Å². The highest BCUT2D eigenvalue weighted by Gasteiger charge is 2.24. The summed E-state index contributed by atoms with van der Waals surface area (Å²) in [6.07, 6.45) is 3.90. The number of benzene rings is 2. The van der Waals surface area contributed by atoms with Crippen molar-refractivity contribution in [3.63, 3.8) is 0 Å². The van der Waals surface area contributed by atoms with Crippen LogP contribution in [0, 0.1) is 0 Å². The van der Waals surface area contributed by atoms with Crippen LogP contribution in [0.3, 0.4) is 0 Å². The van der Waals surface area contributed by atoms with E-state index in [4.69, 9.17) is 4.74 Å². The van der Waals surface area contributed by atoms with Crippen molar-refractivity contribution in [1.82, 2.24) is 4.90 Å². The van der Waals surface area contributed by atoms with Gasteiger partial charge in [-0.25, -0.2) is 4.79 Å². The lowest BCUT2D eigenvalue weighted by molar-refractivity contribution is 0.0557. The van der Waals surface area contributed by atoms with E-state index in [9.17, 15) is 4.79 Å². The zero-order valence-electron chi connectivity index (χ0n) is 15.8. The number of amides is 1. The first-order chi connectivity index (χ1) is 12.7. The molecule has 0 bridgehead atoms. The van der Waals surface area contributed by atoms with E-state index in [1.807, 2.05) is 48.5 Å². The molecule has 1 heterocycles. The van der Waals surface area contributed by atoms with Gasteiger partial charge in [-0.05, 0) is 44.0 Å². The van der Waals surface area contributed by atoms with Gasteiger partial charge < -0.3 is 4.74 Å². The van der Waals surface area contributed by atoms with Gasteiger partial charge in [-0.2, -0.15) is 0 Å². The maximum absolute atomic E-state index is 12.4. The number of likely N-dealkylation sites (tertiary alicyclic amines) is 1. The maximum Gasteiger partial charge on any atom is 0.411 e. The number of halogens is 1. The average Bonchev–Trinajstić information content (AvgIpc) is 2.65. The van der Waals surface area contributed by atoms with Crippen LogP contribution in [0.1, 0.15) is 31.7 Å². The molecule has 146 valence electrons. The van der Waals surface area contributed by atoms with Crippen molar-refractivity contribution in [2.45, 2.75) is 44.8 Å². The molecule has 2 aromatic carbocycles. The van der Waals surface area contributed by atoms with Crippen molar-refractivity contribution >= 4 is 24.2 Å². The highest BCUT2D eigenvalue weighted by molar-refractivity contribution is 5.85. The predicted octanol–water partition coefficient (Wildman–Crippen LogP) is 5.14. The molecule has 27 heavy (non-hydrogen) atoms. The third kappa shape index (κ3) is 6.89. The fraction of sp³-hybridized carbons (Fsp3) is 0.409. The molecule has 1 N–H and O–H groups in total. The molecule has 1 saturated heterocycles. The zero-order valence-corrected chi connectivity index (χ0v) is 16.7. The summed E-state index contributed by atoms with van der Waals surface area (Å²) >= 11 is 0. The molecule has 2 unspecified atom stereocenters. The van der Waals surface area contributed by atoms with E-state index in [1.165, 1.54) is 24.8 Å². The number of piperidine rings is 1. The molecular weight excluding hydrogens is 360 g/mol. The molecular formula is C22H29ClN2O2. The Morgan fingerprint density at radius 1 is 1.11 bits per heavy atom. The number of nitrogens with one attached hydrogen (secondary N) is 1. The number of carbonyl (C=O) groups is 1. The summed E-state index contributed by atoms with van der Waals surface area (Å²) in [6, 6.07) is 20.2. The number of para-hydroxylation sites is 1. The molecule has 0 spiro atoms. The Bertz CT molecular complexity index is 681. The fourth-order valence-corrected chi connectivity index (χ4v) is 3.53. The lowest BCUT2D eigenvalue weighted by Gasteiger charge is -2.35. The van der Waals surface area contributed by atoms with Crippen LogP contribution in [-0.4, -0.2) is 36.2 Å². The molecule has 0 saturated carbocycles. The number of ether oxygens (including phenoxy) is 1. The smallest absolute Gasteiger partial charge is 0.411 e. The van der Waals surface area contributed by atoms with Gasteiger partial charge in [0.2, 0.25) is 0 Å². The van der Waals surface area contributed by atoms with Crippen molar-refractivity contribution in [3.05, 3.63) is 66.2 Å². The molecule has 1 amide bonds. The highest BCUT2D eigenvalue weighted by atomic mass is 35.5. The highest BCUT2D eigenvalue weighted by Crippen LogP contribution is 2.19. The standard InChI is InChI=1S/C22H28N2O2.ClH/c1-18-10-8-9-15-24(18)17-21(16-19-11-4-2-5-12-19)26-22(25)23-20-13-6-3-7-14-20;/h2-7,11-14,18,21H,8-10,15-17H2,1H3,(H,23,25);1H. The van der Waals surface area contributed by atoms with E-state index in [2.05, 4.69) is 29.3 Å². The third-order valence-electron chi connectivity index (χ3n) is 4.98. The van der Waals surface area contributed by atoms with Crippen LogP contribution in [-0.2, 0) is 11.2 Å². The summed E-state index contributed by atoms with van der Waals surface area (Å²) in [6.45, 7) is 4.12. The van der Waals surface area contributed by atoms with Gasteiger partial charge in [0.1, 0.15) is 6.10 Å². The van der Waals surface area contributed by atoms with E-state index >= 15 is 0 Å². The average molecular weight is 389 g/mol. The van der Waals surface area contributed by atoms with E-state index in [1.54, 1.807) is 0 Å².